The summed E-state index contributed by atoms with van der Waals surface area (Å²) in [6.07, 6.45) is -2.57. The molecule has 5 nitrogen and oxygen atoms in total. The topological polar surface area (TPSA) is 61.8 Å². The van der Waals surface area contributed by atoms with Gasteiger partial charge in [0.15, 0.2) is 11.5 Å². The van der Waals surface area contributed by atoms with Gasteiger partial charge < -0.3 is 15.2 Å². The van der Waals surface area contributed by atoms with E-state index in [2.05, 4.69) is 5.32 Å². The lowest BCUT2D eigenvalue weighted by atomic mass is 10.0. The molecule has 1 heterocycles. The van der Waals surface area contributed by atoms with Gasteiger partial charge in [-0.25, -0.2) is 8.78 Å². The Morgan fingerprint density at radius 2 is 2.05 bits per heavy atom. The quantitative estimate of drug-likeness (QED) is 0.652. The minimum atomic E-state index is -2.57. The molecule has 0 bridgehead atoms. The fourth-order valence-corrected chi connectivity index (χ4v) is 2.44. The first-order chi connectivity index (χ1) is 9.99. The van der Waals surface area contributed by atoms with E-state index in [0.717, 1.165) is 0 Å². The summed E-state index contributed by atoms with van der Waals surface area (Å²) >= 11 is 0. The molecule has 1 aliphatic rings. The summed E-state index contributed by atoms with van der Waals surface area (Å²) in [4.78, 5) is 12.6. The maximum Gasteiger partial charge on any atom is 0.308 e. The van der Waals surface area contributed by atoms with Crippen molar-refractivity contribution in [2.24, 2.45) is 0 Å². The normalized spacial score (nSPS) is 17.7. The molecule has 21 heavy (non-hydrogen) atoms. The first-order valence-electron chi connectivity index (χ1n) is 6.73. The molecule has 0 unspecified atom stereocenters. The number of ether oxygens (including phenoxy) is 1. The van der Waals surface area contributed by atoms with Crippen LogP contribution in [0.2, 0.25) is 0 Å². The van der Waals surface area contributed by atoms with Crippen LogP contribution in [-0.4, -0.2) is 48.6 Å². The lowest BCUT2D eigenvalue weighted by Crippen LogP contribution is -2.46. The van der Waals surface area contributed by atoms with E-state index < -0.39 is 18.4 Å². The van der Waals surface area contributed by atoms with Gasteiger partial charge in [0.05, 0.1) is 6.04 Å². The molecule has 1 aromatic carbocycles. The Morgan fingerprint density at radius 1 is 1.38 bits per heavy atom. The van der Waals surface area contributed by atoms with E-state index in [0.29, 0.717) is 31.7 Å². The first kappa shape index (κ1) is 15.7. The average molecular weight is 300 g/mol. The van der Waals surface area contributed by atoms with Crippen molar-refractivity contribution in [2.45, 2.75) is 19.4 Å². The van der Waals surface area contributed by atoms with Crippen molar-refractivity contribution in [3.05, 3.63) is 23.8 Å². The summed E-state index contributed by atoms with van der Waals surface area (Å²) in [7, 11) is 0. The van der Waals surface area contributed by atoms with Crippen LogP contribution in [0.1, 0.15) is 18.5 Å². The summed E-state index contributed by atoms with van der Waals surface area (Å²) in [6.45, 7) is 3.54. The van der Waals surface area contributed by atoms with Gasteiger partial charge in [0.1, 0.15) is 0 Å². The Labute approximate surface area is 121 Å². The van der Waals surface area contributed by atoms with Crippen molar-refractivity contribution >= 4 is 5.97 Å². The average Bonchev–Trinajstić information content (AvgIpc) is 2.42. The lowest BCUT2D eigenvalue weighted by Gasteiger charge is -2.34. The Morgan fingerprint density at radius 3 is 2.57 bits per heavy atom. The number of esters is 1. The molecule has 0 spiro atoms. The standard InChI is InChI=1S/C14H18F2N2O3/c1-9(19)21-12-3-2-10(8-11(12)20)13(14(15)16)18-6-4-17-5-7-18/h2-3,8,13-14,17,20H,4-7H2,1H3/t13-/m1/s1. The number of carbonyl (C=O) groups is 1. The lowest BCUT2D eigenvalue weighted by molar-refractivity contribution is -0.132. The number of nitrogens with one attached hydrogen (secondary N) is 1. The fraction of sp³-hybridized carbons (Fsp3) is 0.500. The fourth-order valence-electron chi connectivity index (χ4n) is 2.44. The van der Waals surface area contributed by atoms with Crippen LogP contribution >= 0.6 is 0 Å². The Hall–Kier alpha value is -1.73. The predicted molar refractivity (Wildman–Crippen MR) is 72.6 cm³/mol. The van der Waals surface area contributed by atoms with E-state index in [1.54, 1.807) is 4.90 Å². The van der Waals surface area contributed by atoms with Crippen LogP contribution in [-0.2, 0) is 4.79 Å². The van der Waals surface area contributed by atoms with Crippen LogP contribution in [0.5, 0.6) is 11.5 Å². The number of hydrogen-bond acceptors (Lipinski definition) is 5. The van der Waals surface area contributed by atoms with Gasteiger partial charge in [-0.3, -0.25) is 9.69 Å². The van der Waals surface area contributed by atoms with Crippen LogP contribution in [0.3, 0.4) is 0 Å². The molecule has 1 atom stereocenters. The number of piperazine rings is 1. The molecule has 0 aromatic heterocycles. The first-order valence-corrected chi connectivity index (χ1v) is 6.73. The van der Waals surface area contributed by atoms with Crippen molar-refractivity contribution in [1.82, 2.24) is 10.2 Å². The van der Waals surface area contributed by atoms with Crippen LogP contribution in [0.25, 0.3) is 0 Å². The number of hydrogen-bond donors (Lipinski definition) is 2. The summed E-state index contributed by atoms with van der Waals surface area (Å²) in [5.41, 5.74) is 0.306. The summed E-state index contributed by atoms with van der Waals surface area (Å²) in [5.74, 6) is -0.923. The Kier molecular flexibility index (Phi) is 5.08. The molecule has 0 saturated carbocycles. The van der Waals surface area contributed by atoms with Crippen LogP contribution in [0, 0.1) is 0 Å². The molecule has 1 fully saturated rings. The van der Waals surface area contributed by atoms with Crippen molar-refractivity contribution in [3.8, 4) is 11.5 Å². The molecule has 7 heteroatoms. The highest BCUT2D eigenvalue weighted by atomic mass is 19.3. The maximum atomic E-state index is 13.4. The molecule has 1 aliphatic heterocycles. The highest BCUT2D eigenvalue weighted by Gasteiger charge is 2.30. The van der Waals surface area contributed by atoms with Gasteiger partial charge in [-0.2, -0.15) is 0 Å². The molecule has 0 aliphatic carbocycles. The molecule has 116 valence electrons. The Bertz CT molecular complexity index is 505. The molecular formula is C14H18F2N2O3. The second-order valence-corrected chi connectivity index (χ2v) is 4.89. The number of carbonyl (C=O) groups excluding carboxylic acids is 1. The zero-order chi connectivity index (χ0) is 15.4. The van der Waals surface area contributed by atoms with Gasteiger partial charge >= 0.3 is 5.97 Å². The molecular weight excluding hydrogens is 282 g/mol. The third-order valence-corrected chi connectivity index (χ3v) is 3.36. The van der Waals surface area contributed by atoms with E-state index in [-0.39, 0.29) is 11.5 Å². The molecule has 0 radical (unpaired) electrons. The van der Waals surface area contributed by atoms with Crippen molar-refractivity contribution < 1.29 is 23.4 Å². The molecule has 1 saturated heterocycles. The van der Waals surface area contributed by atoms with Gasteiger partial charge in [0, 0.05) is 33.1 Å². The number of nitrogens with zero attached hydrogens (tertiary/aromatic N) is 1. The van der Waals surface area contributed by atoms with E-state index in [4.69, 9.17) is 4.74 Å². The maximum absolute atomic E-state index is 13.4. The Balaban J connectivity index is 2.24. The number of alkyl halides is 2. The number of halogens is 2. The van der Waals surface area contributed by atoms with E-state index in [1.165, 1.54) is 25.1 Å². The number of aromatic hydroxyl groups is 1. The van der Waals surface area contributed by atoms with Crippen LogP contribution < -0.4 is 10.1 Å². The second-order valence-electron chi connectivity index (χ2n) is 4.89. The summed E-state index contributed by atoms with van der Waals surface area (Å²) < 4.78 is 31.6. The monoisotopic (exact) mass is 300 g/mol. The van der Waals surface area contributed by atoms with Gasteiger partial charge in [0.25, 0.3) is 6.43 Å². The predicted octanol–water partition coefficient (Wildman–Crippen LogP) is 1.53. The number of phenolic OH excluding ortho intramolecular Hbond substituents is 1. The number of benzene rings is 1. The van der Waals surface area contributed by atoms with E-state index in [1.807, 2.05) is 0 Å². The third kappa shape index (κ3) is 3.89. The SMILES string of the molecule is CC(=O)Oc1ccc([C@H](C(F)F)N2CCNCC2)cc1O. The van der Waals surface area contributed by atoms with Gasteiger partial charge in [0.2, 0.25) is 0 Å². The zero-order valence-electron chi connectivity index (χ0n) is 11.7. The largest absolute Gasteiger partial charge is 0.504 e. The molecule has 0 amide bonds. The molecule has 2 N–H and O–H groups in total. The second kappa shape index (κ2) is 6.82. The molecule has 2 rings (SSSR count). The molecule has 1 aromatic rings. The zero-order valence-corrected chi connectivity index (χ0v) is 11.7. The highest BCUT2D eigenvalue weighted by molar-refractivity contribution is 5.70. The van der Waals surface area contributed by atoms with Crippen molar-refractivity contribution in [1.29, 1.82) is 0 Å². The van der Waals surface area contributed by atoms with Gasteiger partial charge in [-0.05, 0) is 17.7 Å². The minimum Gasteiger partial charge on any atom is -0.504 e. The van der Waals surface area contributed by atoms with Crippen LogP contribution in [0.15, 0.2) is 18.2 Å². The minimum absolute atomic E-state index is 0.0282. The number of phenols is 1. The van der Waals surface area contributed by atoms with Gasteiger partial charge in [-0.1, -0.05) is 6.07 Å². The van der Waals surface area contributed by atoms with Crippen molar-refractivity contribution in [2.75, 3.05) is 26.2 Å². The van der Waals surface area contributed by atoms with Gasteiger partial charge in [-0.15, -0.1) is 0 Å². The van der Waals surface area contributed by atoms with E-state index >= 15 is 0 Å². The smallest absolute Gasteiger partial charge is 0.308 e. The summed E-state index contributed by atoms with van der Waals surface area (Å²) in [6, 6.07) is 2.95. The van der Waals surface area contributed by atoms with Crippen LogP contribution in [0.4, 0.5) is 8.78 Å². The highest BCUT2D eigenvalue weighted by Crippen LogP contribution is 2.34. The number of rotatable bonds is 4. The van der Waals surface area contributed by atoms with Crippen molar-refractivity contribution in [3.63, 3.8) is 0 Å². The summed E-state index contributed by atoms with van der Waals surface area (Å²) in [5, 5.41) is 12.9. The third-order valence-electron chi connectivity index (χ3n) is 3.36. The van der Waals surface area contributed by atoms with E-state index in [9.17, 15) is 18.7 Å².